The molecule has 0 unspecified atom stereocenters. The molecule has 0 bridgehead atoms. The number of benzene rings is 1. The Kier molecular flexibility index (Phi) is 6.14. The van der Waals surface area contributed by atoms with Gasteiger partial charge < -0.3 is 10.6 Å². The lowest BCUT2D eigenvalue weighted by Gasteiger charge is -2.24. The molecule has 0 heterocycles. The van der Waals surface area contributed by atoms with Crippen LogP contribution in [0.4, 0.5) is 13.2 Å². The van der Waals surface area contributed by atoms with E-state index in [1.54, 1.807) is 0 Å². The molecule has 0 fully saturated rings. The fraction of sp³-hybridized carbons (Fsp3) is 0.429. The third-order valence-corrected chi connectivity index (χ3v) is 2.97. The molecule has 21 heavy (non-hydrogen) atoms. The van der Waals surface area contributed by atoms with Gasteiger partial charge in [-0.3, -0.25) is 4.79 Å². The monoisotopic (exact) mass is 318 g/mol. The maximum Gasteiger partial charge on any atom is 0.256 e. The second kappa shape index (κ2) is 7.40. The molecule has 1 amide bonds. The van der Waals surface area contributed by atoms with Gasteiger partial charge in [0.2, 0.25) is 0 Å². The van der Waals surface area contributed by atoms with Crippen LogP contribution in [0.3, 0.4) is 0 Å². The zero-order valence-electron chi connectivity index (χ0n) is 11.8. The number of rotatable bonds is 6. The van der Waals surface area contributed by atoms with Gasteiger partial charge in [-0.2, -0.15) is 0 Å². The number of carbonyl (C=O) groups excluding carboxylic acids is 1. The first-order valence-corrected chi connectivity index (χ1v) is 6.86. The van der Waals surface area contributed by atoms with Crippen molar-refractivity contribution in [3.63, 3.8) is 0 Å². The van der Waals surface area contributed by atoms with E-state index in [0.29, 0.717) is 6.54 Å². The van der Waals surface area contributed by atoms with E-state index < -0.39 is 28.9 Å². The molecule has 0 spiro atoms. The number of hydrogen-bond donors (Lipinski definition) is 1. The predicted molar refractivity (Wildman–Crippen MR) is 78.5 cm³/mol. The van der Waals surface area contributed by atoms with Gasteiger partial charge in [0, 0.05) is 19.5 Å². The van der Waals surface area contributed by atoms with Gasteiger partial charge in [-0.1, -0.05) is 26.1 Å². The molecule has 1 aromatic carbocycles. The van der Waals surface area contributed by atoms with Crippen LogP contribution in [0.5, 0.6) is 0 Å². The Labute approximate surface area is 126 Å². The molecule has 1 rings (SSSR count). The number of hydrogen-bond acceptors (Lipinski definition) is 2. The van der Waals surface area contributed by atoms with Crippen LogP contribution in [-0.4, -0.2) is 28.9 Å². The summed E-state index contributed by atoms with van der Waals surface area (Å²) in [7, 11) is 0. The van der Waals surface area contributed by atoms with E-state index in [1.165, 1.54) is 4.90 Å². The molecule has 7 heteroatoms. The lowest BCUT2D eigenvalue weighted by molar-refractivity contribution is 0.0735. The number of carbonyl (C=O) groups is 1. The molecule has 1 aromatic rings. The second-order valence-electron chi connectivity index (χ2n) is 5.08. The SMILES string of the molecule is CC(C)CN(CCC(N)=S)C(=O)c1ccc(F)c(F)c1F. The Balaban J connectivity index is 3.04. The highest BCUT2D eigenvalue weighted by molar-refractivity contribution is 7.80. The third kappa shape index (κ3) is 4.70. The first-order chi connectivity index (χ1) is 9.73. The Bertz CT molecular complexity index is 549. The molecule has 0 aliphatic carbocycles. The summed E-state index contributed by atoms with van der Waals surface area (Å²) in [6.07, 6.45) is 0.277. The lowest BCUT2D eigenvalue weighted by Crippen LogP contribution is -2.37. The predicted octanol–water partition coefficient (Wildman–Crippen LogP) is 2.88. The summed E-state index contributed by atoms with van der Waals surface area (Å²) in [5.41, 5.74) is 4.89. The third-order valence-electron chi connectivity index (χ3n) is 2.77. The Morgan fingerprint density at radius 2 is 1.90 bits per heavy atom. The van der Waals surface area contributed by atoms with Crippen LogP contribution < -0.4 is 5.73 Å². The van der Waals surface area contributed by atoms with Crippen molar-refractivity contribution in [2.45, 2.75) is 20.3 Å². The fourth-order valence-electron chi connectivity index (χ4n) is 1.82. The zero-order valence-corrected chi connectivity index (χ0v) is 12.6. The molecule has 0 saturated heterocycles. The first kappa shape index (κ1) is 17.4. The van der Waals surface area contributed by atoms with Gasteiger partial charge in [0.1, 0.15) is 0 Å². The lowest BCUT2D eigenvalue weighted by atomic mass is 10.1. The number of nitrogens with two attached hydrogens (primary N) is 1. The van der Waals surface area contributed by atoms with Gasteiger partial charge in [0.05, 0.1) is 10.6 Å². The van der Waals surface area contributed by atoms with E-state index in [1.807, 2.05) is 13.8 Å². The molecule has 0 saturated carbocycles. The molecule has 3 nitrogen and oxygen atoms in total. The van der Waals surface area contributed by atoms with Gasteiger partial charge in [-0.25, -0.2) is 13.2 Å². The van der Waals surface area contributed by atoms with E-state index >= 15 is 0 Å². The Morgan fingerprint density at radius 1 is 1.29 bits per heavy atom. The highest BCUT2D eigenvalue weighted by Gasteiger charge is 2.23. The number of amides is 1. The van der Waals surface area contributed by atoms with Gasteiger partial charge in [-0.05, 0) is 18.1 Å². The van der Waals surface area contributed by atoms with Crippen LogP contribution >= 0.6 is 12.2 Å². The first-order valence-electron chi connectivity index (χ1n) is 6.45. The largest absolute Gasteiger partial charge is 0.393 e. The summed E-state index contributed by atoms with van der Waals surface area (Å²) >= 11 is 4.75. The Morgan fingerprint density at radius 3 is 2.43 bits per heavy atom. The standard InChI is InChI=1S/C14H17F3N2OS/c1-8(2)7-19(6-5-11(18)21)14(20)9-3-4-10(15)13(17)12(9)16/h3-4,8H,5-7H2,1-2H3,(H2,18,21). The number of thiocarbonyl (C=S) groups is 1. The summed E-state index contributed by atoms with van der Waals surface area (Å²) in [5.74, 6) is -5.06. The van der Waals surface area contributed by atoms with Crippen molar-refractivity contribution in [1.82, 2.24) is 4.90 Å². The average Bonchev–Trinajstić information content (AvgIpc) is 2.39. The summed E-state index contributed by atoms with van der Waals surface area (Å²) in [5, 5.41) is 0. The number of halogens is 3. The van der Waals surface area contributed by atoms with E-state index in [9.17, 15) is 18.0 Å². The topological polar surface area (TPSA) is 46.3 Å². The molecule has 0 aliphatic rings. The zero-order chi connectivity index (χ0) is 16.2. The molecule has 0 atom stereocenters. The van der Waals surface area contributed by atoms with Crippen LogP contribution in [0.15, 0.2) is 12.1 Å². The summed E-state index contributed by atoms with van der Waals surface area (Å²) in [6.45, 7) is 4.29. The van der Waals surface area contributed by atoms with Crippen molar-refractivity contribution < 1.29 is 18.0 Å². The molecule has 0 aromatic heterocycles. The average molecular weight is 318 g/mol. The Hall–Kier alpha value is -1.63. The highest BCUT2D eigenvalue weighted by Crippen LogP contribution is 2.17. The smallest absolute Gasteiger partial charge is 0.256 e. The van der Waals surface area contributed by atoms with Gasteiger partial charge in [-0.15, -0.1) is 0 Å². The summed E-state index contributed by atoms with van der Waals surface area (Å²) in [6, 6.07) is 1.66. The van der Waals surface area contributed by atoms with Gasteiger partial charge in [0.25, 0.3) is 5.91 Å². The molecular weight excluding hydrogens is 301 g/mol. The maximum atomic E-state index is 13.7. The minimum Gasteiger partial charge on any atom is -0.393 e. The summed E-state index contributed by atoms with van der Waals surface area (Å²) < 4.78 is 39.8. The van der Waals surface area contributed by atoms with Crippen molar-refractivity contribution in [3.8, 4) is 0 Å². The van der Waals surface area contributed by atoms with Crippen LogP contribution in [0, 0.1) is 23.4 Å². The minimum atomic E-state index is -1.65. The molecule has 0 radical (unpaired) electrons. The van der Waals surface area contributed by atoms with Crippen molar-refractivity contribution >= 4 is 23.1 Å². The van der Waals surface area contributed by atoms with Crippen LogP contribution in [0.25, 0.3) is 0 Å². The van der Waals surface area contributed by atoms with E-state index in [-0.39, 0.29) is 23.9 Å². The normalized spacial score (nSPS) is 10.8. The van der Waals surface area contributed by atoms with E-state index in [4.69, 9.17) is 18.0 Å². The molecule has 116 valence electrons. The highest BCUT2D eigenvalue weighted by atomic mass is 32.1. The van der Waals surface area contributed by atoms with Crippen LogP contribution in [0.1, 0.15) is 30.6 Å². The van der Waals surface area contributed by atoms with Crippen LogP contribution in [0.2, 0.25) is 0 Å². The van der Waals surface area contributed by atoms with Crippen molar-refractivity contribution in [2.75, 3.05) is 13.1 Å². The molecular formula is C14H17F3N2OS. The van der Waals surface area contributed by atoms with Gasteiger partial charge in [0.15, 0.2) is 17.5 Å². The van der Waals surface area contributed by atoms with Crippen LogP contribution in [-0.2, 0) is 0 Å². The van der Waals surface area contributed by atoms with Crippen molar-refractivity contribution in [3.05, 3.63) is 35.1 Å². The fourth-order valence-corrected chi connectivity index (χ4v) is 1.91. The quantitative estimate of drug-likeness (QED) is 0.648. The molecule has 0 aliphatic heterocycles. The van der Waals surface area contributed by atoms with Gasteiger partial charge >= 0.3 is 0 Å². The van der Waals surface area contributed by atoms with E-state index in [0.717, 1.165) is 12.1 Å². The minimum absolute atomic E-state index is 0.119. The second-order valence-corrected chi connectivity index (χ2v) is 5.61. The maximum absolute atomic E-state index is 13.7. The molecule has 2 N–H and O–H groups in total. The number of nitrogens with zero attached hydrogens (tertiary/aromatic N) is 1. The van der Waals surface area contributed by atoms with Crippen molar-refractivity contribution in [2.24, 2.45) is 11.7 Å². The van der Waals surface area contributed by atoms with Crippen molar-refractivity contribution in [1.29, 1.82) is 0 Å². The van der Waals surface area contributed by atoms with E-state index in [2.05, 4.69) is 0 Å². The summed E-state index contributed by atoms with van der Waals surface area (Å²) in [4.78, 5) is 13.8.